The van der Waals surface area contributed by atoms with Gasteiger partial charge in [-0.1, -0.05) is 6.07 Å². The Morgan fingerprint density at radius 1 is 1.15 bits per heavy atom. The van der Waals surface area contributed by atoms with Crippen LogP contribution in [0.3, 0.4) is 0 Å². The lowest BCUT2D eigenvalue weighted by Gasteiger charge is -2.21. The molecule has 1 aliphatic rings. The minimum atomic E-state index is -2.66. The lowest BCUT2D eigenvalue weighted by atomic mass is 10.0. The number of hydrogen-bond acceptors (Lipinski definition) is 8. The molecule has 0 saturated carbocycles. The van der Waals surface area contributed by atoms with Gasteiger partial charge in [0.15, 0.2) is 5.75 Å². The molecule has 3 aromatic heterocycles. The quantitative estimate of drug-likeness (QED) is 0.414. The number of amides is 1. The van der Waals surface area contributed by atoms with E-state index in [0.29, 0.717) is 41.2 Å². The second kappa shape index (κ2) is 8.47. The Balaban J connectivity index is 1.54. The van der Waals surface area contributed by atoms with Crippen LogP contribution in [0.15, 0.2) is 42.7 Å². The molecule has 1 amide bonds. The molecule has 0 radical (unpaired) electrons. The first-order valence-electron chi connectivity index (χ1n) is 12.0. The van der Waals surface area contributed by atoms with Crippen LogP contribution in [0.25, 0.3) is 11.3 Å². The van der Waals surface area contributed by atoms with Crippen molar-refractivity contribution < 1.29 is 13.6 Å². The molecule has 10 nitrogen and oxygen atoms in total. The van der Waals surface area contributed by atoms with Crippen molar-refractivity contribution in [3.05, 3.63) is 65.4 Å². The Hall–Kier alpha value is -4.47. The van der Waals surface area contributed by atoms with Gasteiger partial charge in [-0.05, 0) is 26.0 Å². The van der Waals surface area contributed by atoms with Crippen LogP contribution in [0.5, 0.6) is 5.75 Å². The molecular weight excluding hydrogens is 432 g/mol. The molecule has 1 aromatic carbocycles. The summed E-state index contributed by atoms with van der Waals surface area (Å²) in [7, 11) is 1.85. The maximum Gasteiger partial charge on any atom is 0.254 e. The minimum absolute atomic E-state index is 0.0451. The molecule has 172 valence electrons. The molecule has 10 heteroatoms. The van der Waals surface area contributed by atoms with Gasteiger partial charge in [0.05, 0.1) is 16.9 Å². The molecule has 1 aliphatic heterocycles. The minimum Gasteiger partial charge on any atom is -0.486 e. The van der Waals surface area contributed by atoms with Gasteiger partial charge >= 0.3 is 0 Å². The molecule has 0 unspecified atom stereocenters. The third-order valence-electron chi connectivity index (χ3n) is 5.30. The van der Waals surface area contributed by atoms with Gasteiger partial charge in [0.2, 0.25) is 0 Å². The number of carbonyl (C=O) groups excluding carboxylic acids is 1. The van der Waals surface area contributed by atoms with Crippen LogP contribution in [0.1, 0.15) is 31.6 Å². The van der Waals surface area contributed by atoms with Crippen LogP contribution >= 0.6 is 0 Å². The third kappa shape index (κ3) is 4.01. The van der Waals surface area contributed by atoms with E-state index in [1.54, 1.807) is 23.7 Å². The Morgan fingerprint density at radius 2 is 2.03 bits per heavy atom. The molecule has 4 aromatic rings. The number of rotatable bonds is 5. The summed E-state index contributed by atoms with van der Waals surface area (Å²) in [6, 6.07) is 8.94. The molecular formula is C24H24N8O2. The standard InChI is InChI=1S/C24H24N8O2/c1-13-8-21(28-14(2)27-13)30-20-9-19(17(10-26-20)24(33)25-3)29-18-7-5-6-16-22-15(11-32(4)31-22)12-34-23(16)18/h5-11H,12H2,1-4H3,(H,25,33)(H2,26,27,28,29,30)/i3D3. The van der Waals surface area contributed by atoms with Crippen LogP contribution in [0.4, 0.5) is 23.0 Å². The fourth-order valence-electron chi connectivity index (χ4n) is 3.93. The highest BCUT2D eigenvalue weighted by Crippen LogP contribution is 2.42. The largest absolute Gasteiger partial charge is 0.486 e. The molecule has 0 fully saturated rings. The number of fused-ring (bicyclic) bond motifs is 3. The molecule has 0 spiro atoms. The van der Waals surface area contributed by atoms with E-state index in [2.05, 4.69) is 30.7 Å². The van der Waals surface area contributed by atoms with Crippen LogP contribution in [-0.4, -0.2) is 37.6 Å². The summed E-state index contributed by atoms with van der Waals surface area (Å²) in [6.45, 7) is 1.32. The van der Waals surface area contributed by atoms with E-state index in [1.807, 2.05) is 43.7 Å². The number of anilines is 4. The van der Waals surface area contributed by atoms with Crippen molar-refractivity contribution in [1.29, 1.82) is 0 Å². The predicted molar refractivity (Wildman–Crippen MR) is 129 cm³/mol. The van der Waals surface area contributed by atoms with Gasteiger partial charge in [0.25, 0.3) is 5.91 Å². The Bertz CT molecular complexity index is 1500. The highest BCUT2D eigenvalue weighted by Gasteiger charge is 2.24. The van der Waals surface area contributed by atoms with Crippen molar-refractivity contribution in [2.24, 2.45) is 7.05 Å². The second-order valence-electron chi connectivity index (χ2n) is 7.91. The number of pyridine rings is 1. The van der Waals surface area contributed by atoms with Crippen molar-refractivity contribution >= 4 is 28.9 Å². The molecule has 4 heterocycles. The normalized spacial score (nSPS) is 13.4. The van der Waals surface area contributed by atoms with Crippen molar-refractivity contribution in [2.75, 3.05) is 17.6 Å². The monoisotopic (exact) mass is 459 g/mol. The average molecular weight is 460 g/mol. The predicted octanol–water partition coefficient (Wildman–Crippen LogP) is 3.63. The summed E-state index contributed by atoms with van der Waals surface area (Å²) in [5, 5.41) is 12.9. The Labute approximate surface area is 200 Å². The number of ether oxygens (including phenoxy) is 1. The summed E-state index contributed by atoms with van der Waals surface area (Å²) in [5.74, 6) is 1.29. The van der Waals surface area contributed by atoms with E-state index in [1.165, 1.54) is 6.20 Å². The van der Waals surface area contributed by atoms with E-state index in [0.717, 1.165) is 22.5 Å². The number of nitrogens with zero attached hydrogens (tertiary/aromatic N) is 5. The van der Waals surface area contributed by atoms with Crippen LogP contribution in [-0.2, 0) is 13.7 Å². The number of aromatic nitrogens is 5. The van der Waals surface area contributed by atoms with Gasteiger partial charge in [-0.25, -0.2) is 15.0 Å². The zero-order valence-corrected chi connectivity index (χ0v) is 18.8. The zero-order chi connectivity index (χ0) is 26.3. The Kier molecular flexibility index (Phi) is 4.49. The van der Waals surface area contributed by atoms with Gasteiger partial charge < -0.3 is 20.7 Å². The summed E-state index contributed by atoms with van der Waals surface area (Å²) in [5.41, 5.74) is 4.33. The van der Waals surface area contributed by atoms with Crippen LogP contribution in [0, 0.1) is 13.8 Å². The van der Waals surface area contributed by atoms with Crippen LogP contribution in [0.2, 0.25) is 0 Å². The second-order valence-corrected chi connectivity index (χ2v) is 7.91. The van der Waals surface area contributed by atoms with Gasteiger partial charge in [0, 0.05) is 59.5 Å². The molecule has 3 N–H and O–H groups in total. The van der Waals surface area contributed by atoms with E-state index < -0.39 is 12.9 Å². The first-order valence-corrected chi connectivity index (χ1v) is 10.5. The first kappa shape index (κ1) is 18.0. The third-order valence-corrected chi connectivity index (χ3v) is 5.30. The maximum atomic E-state index is 12.8. The smallest absolute Gasteiger partial charge is 0.254 e. The van der Waals surface area contributed by atoms with Crippen molar-refractivity contribution in [3.63, 3.8) is 0 Å². The Morgan fingerprint density at radius 3 is 2.85 bits per heavy atom. The van der Waals surface area contributed by atoms with Gasteiger partial charge in [-0.15, -0.1) is 0 Å². The van der Waals surface area contributed by atoms with E-state index >= 15 is 0 Å². The fraction of sp³-hybridized carbons (Fsp3) is 0.208. The lowest BCUT2D eigenvalue weighted by molar-refractivity contribution is 0.0963. The number of para-hydroxylation sites is 1. The lowest BCUT2D eigenvalue weighted by Crippen LogP contribution is -2.20. The number of carbonyl (C=O) groups is 1. The van der Waals surface area contributed by atoms with E-state index in [9.17, 15) is 4.79 Å². The van der Waals surface area contributed by atoms with Gasteiger partial charge in [0.1, 0.15) is 29.8 Å². The highest BCUT2D eigenvalue weighted by molar-refractivity contribution is 6.00. The number of nitrogens with one attached hydrogen (secondary N) is 3. The van der Waals surface area contributed by atoms with Gasteiger partial charge in [-0.2, -0.15) is 5.10 Å². The summed E-state index contributed by atoms with van der Waals surface area (Å²) in [6.07, 6.45) is 3.22. The van der Waals surface area contributed by atoms with E-state index in [4.69, 9.17) is 8.85 Å². The molecule has 34 heavy (non-hydrogen) atoms. The van der Waals surface area contributed by atoms with Crippen molar-refractivity contribution in [1.82, 2.24) is 30.0 Å². The first-order chi connectivity index (χ1) is 17.6. The van der Waals surface area contributed by atoms with Crippen LogP contribution < -0.4 is 20.7 Å². The topological polar surface area (TPSA) is 119 Å². The number of hydrogen-bond donors (Lipinski definition) is 3. The van der Waals surface area contributed by atoms with Gasteiger partial charge in [-0.3, -0.25) is 9.48 Å². The molecule has 0 aliphatic carbocycles. The summed E-state index contributed by atoms with van der Waals surface area (Å²) >= 11 is 0. The maximum absolute atomic E-state index is 12.8. The zero-order valence-electron chi connectivity index (χ0n) is 21.8. The number of aryl methyl sites for hydroxylation is 3. The van der Waals surface area contributed by atoms with E-state index in [-0.39, 0.29) is 5.56 Å². The molecule has 0 atom stereocenters. The fourth-order valence-corrected chi connectivity index (χ4v) is 3.93. The van der Waals surface area contributed by atoms with Crippen molar-refractivity contribution in [3.8, 4) is 17.0 Å². The number of benzene rings is 1. The molecule has 5 rings (SSSR count). The SMILES string of the molecule is [2H]C([2H])([2H])NC(=O)c1cnc(Nc2cc(C)nc(C)n2)cc1Nc1cccc2c1OCc1cn(C)nc1-2. The highest BCUT2D eigenvalue weighted by atomic mass is 16.5. The molecule has 0 saturated heterocycles. The average Bonchev–Trinajstić information content (AvgIpc) is 3.18. The van der Waals surface area contributed by atoms with Crippen molar-refractivity contribution in [2.45, 2.75) is 20.5 Å². The molecule has 0 bridgehead atoms. The summed E-state index contributed by atoms with van der Waals surface area (Å²) < 4.78 is 30.1. The summed E-state index contributed by atoms with van der Waals surface area (Å²) in [4.78, 5) is 25.8.